The van der Waals surface area contributed by atoms with E-state index < -0.39 is 5.82 Å². The van der Waals surface area contributed by atoms with Gasteiger partial charge in [-0.25, -0.2) is 14.2 Å². The number of para-hydroxylation sites is 1. The number of carbonyl (C=O) groups is 1. The number of ether oxygens (including phenoxy) is 2. The Morgan fingerprint density at radius 3 is 2.67 bits per heavy atom. The molecule has 7 heteroatoms. The molecule has 27 heavy (non-hydrogen) atoms. The molecule has 0 saturated heterocycles. The van der Waals surface area contributed by atoms with E-state index in [4.69, 9.17) is 9.47 Å². The maximum atomic E-state index is 13.7. The van der Waals surface area contributed by atoms with Gasteiger partial charge < -0.3 is 20.1 Å². The number of halogens is 1. The minimum atomic E-state index is -0.429. The second kappa shape index (κ2) is 9.21. The van der Waals surface area contributed by atoms with E-state index in [1.165, 1.54) is 13.2 Å². The van der Waals surface area contributed by atoms with E-state index in [1.54, 1.807) is 36.5 Å². The van der Waals surface area contributed by atoms with Crippen LogP contribution in [0, 0.1) is 11.2 Å². The fraction of sp³-hybridized carbons (Fsp3) is 0.400. The maximum Gasteiger partial charge on any atom is 0.315 e. The second-order valence-electron chi connectivity index (χ2n) is 7.19. The molecule has 0 fully saturated rings. The van der Waals surface area contributed by atoms with Crippen molar-refractivity contribution in [2.24, 2.45) is 5.41 Å². The van der Waals surface area contributed by atoms with E-state index in [0.29, 0.717) is 12.4 Å². The van der Waals surface area contributed by atoms with Crippen LogP contribution in [0.15, 0.2) is 42.6 Å². The lowest BCUT2D eigenvalue weighted by atomic mass is 9.87. The summed E-state index contributed by atoms with van der Waals surface area (Å²) in [6.07, 6.45) is 1.62. The minimum absolute atomic E-state index is 0.154. The molecule has 2 rings (SSSR count). The van der Waals surface area contributed by atoms with Crippen LogP contribution < -0.4 is 20.1 Å². The van der Waals surface area contributed by atoms with E-state index in [9.17, 15) is 9.18 Å². The quantitative estimate of drug-likeness (QED) is 0.777. The molecule has 0 saturated carbocycles. The summed E-state index contributed by atoms with van der Waals surface area (Å²) in [6.45, 7) is 6.43. The van der Waals surface area contributed by atoms with Gasteiger partial charge in [0.05, 0.1) is 13.2 Å². The zero-order chi connectivity index (χ0) is 19.9. The number of hydrogen-bond acceptors (Lipinski definition) is 4. The number of rotatable bonds is 7. The molecule has 0 aliphatic carbocycles. The number of aromatic nitrogens is 1. The SMILES string of the molecule is COc1cc(CNC(=O)NC(COc2ccccc2F)C(C)(C)C)ccn1. The topological polar surface area (TPSA) is 72.5 Å². The van der Waals surface area contributed by atoms with E-state index >= 15 is 0 Å². The van der Waals surface area contributed by atoms with Crippen LogP contribution in [0.25, 0.3) is 0 Å². The predicted octanol–water partition coefficient (Wildman–Crippen LogP) is 3.52. The minimum Gasteiger partial charge on any atom is -0.488 e. The molecule has 0 radical (unpaired) electrons. The van der Waals surface area contributed by atoms with Crippen LogP contribution in [0.2, 0.25) is 0 Å². The van der Waals surface area contributed by atoms with Gasteiger partial charge in [-0.3, -0.25) is 0 Å². The van der Waals surface area contributed by atoms with E-state index in [-0.39, 0.29) is 29.8 Å². The van der Waals surface area contributed by atoms with Crippen molar-refractivity contribution in [1.82, 2.24) is 15.6 Å². The third-order valence-corrected chi connectivity index (χ3v) is 4.05. The molecule has 0 aliphatic heterocycles. The van der Waals surface area contributed by atoms with Gasteiger partial charge in [0, 0.05) is 18.8 Å². The Morgan fingerprint density at radius 1 is 1.26 bits per heavy atom. The summed E-state index contributed by atoms with van der Waals surface area (Å²) in [6, 6.07) is 9.11. The van der Waals surface area contributed by atoms with Gasteiger partial charge in [0.25, 0.3) is 0 Å². The van der Waals surface area contributed by atoms with Crippen LogP contribution >= 0.6 is 0 Å². The summed E-state index contributed by atoms with van der Waals surface area (Å²) in [5, 5.41) is 5.70. The lowest BCUT2D eigenvalue weighted by molar-refractivity contribution is 0.167. The third kappa shape index (κ3) is 6.44. The summed E-state index contributed by atoms with van der Waals surface area (Å²) in [5.41, 5.74) is 0.592. The number of nitrogens with one attached hydrogen (secondary N) is 2. The van der Waals surface area contributed by atoms with Gasteiger partial charge in [-0.15, -0.1) is 0 Å². The first kappa shape index (κ1) is 20.5. The van der Waals surface area contributed by atoms with Gasteiger partial charge in [0.15, 0.2) is 11.6 Å². The molecule has 2 N–H and O–H groups in total. The monoisotopic (exact) mass is 375 g/mol. The lowest BCUT2D eigenvalue weighted by Crippen LogP contribution is -2.50. The Balaban J connectivity index is 1.92. The summed E-state index contributed by atoms with van der Waals surface area (Å²) in [5.74, 6) is 0.222. The van der Waals surface area contributed by atoms with Crippen molar-refractivity contribution in [2.75, 3.05) is 13.7 Å². The molecule has 1 heterocycles. The van der Waals surface area contributed by atoms with E-state index in [1.807, 2.05) is 20.8 Å². The Kier molecular flexibility index (Phi) is 6.98. The third-order valence-electron chi connectivity index (χ3n) is 4.05. The summed E-state index contributed by atoms with van der Waals surface area (Å²) < 4.78 is 24.4. The number of hydrogen-bond donors (Lipinski definition) is 2. The zero-order valence-corrected chi connectivity index (χ0v) is 16.1. The van der Waals surface area contributed by atoms with Gasteiger partial charge in [-0.05, 0) is 29.2 Å². The summed E-state index contributed by atoms with van der Waals surface area (Å²) in [7, 11) is 1.54. The summed E-state index contributed by atoms with van der Waals surface area (Å²) in [4.78, 5) is 16.3. The first-order chi connectivity index (χ1) is 12.8. The van der Waals surface area contributed by atoms with Crippen molar-refractivity contribution in [3.8, 4) is 11.6 Å². The number of urea groups is 1. The van der Waals surface area contributed by atoms with E-state index in [0.717, 1.165) is 5.56 Å². The van der Waals surface area contributed by atoms with Crippen molar-refractivity contribution in [1.29, 1.82) is 0 Å². The standard InChI is InChI=1S/C20H26FN3O3/c1-20(2,3)17(13-27-16-8-6-5-7-15(16)21)24-19(25)23-12-14-9-10-22-18(11-14)26-4/h5-11,17H,12-13H2,1-4H3,(H2,23,24,25). The number of benzene rings is 1. The van der Waals surface area contributed by atoms with Gasteiger partial charge >= 0.3 is 6.03 Å². The molecule has 0 aliphatic rings. The molecule has 1 unspecified atom stereocenters. The molecule has 1 atom stereocenters. The fourth-order valence-electron chi connectivity index (χ4n) is 2.31. The summed E-state index contributed by atoms with van der Waals surface area (Å²) >= 11 is 0. The van der Waals surface area contributed by atoms with Crippen molar-refractivity contribution in [2.45, 2.75) is 33.4 Å². The fourth-order valence-corrected chi connectivity index (χ4v) is 2.31. The van der Waals surface area contributed by atoms with Crippen LogP contribution in [-0.2, 0) is 6.54 Å². The van der Waals surface area contributed by atoms with Gasteiger partial charge in [-0.2, -0.15) is 0 Å². The normalized spacial score (nSPS) is 12.2. The molecule has 0 bridgehead atoms. The largest absolute Gasteiger partial charge is 0.488 e. The Morgan fingerprint density at radius 2 is 2.00 bits per heavy atom. The average molecular weight is 375 g/mol. The van der Waals surface area contributed by atoms with E-state index in [2.05, 4.69) is 15.6 Å². The smallest absolute Gasteiger partial charge is 0.315 e. The van der Waals surface area contributed by atoms with Crippen LogP contribution in [0.1, 0.15) is 26.3 Å². The van der Waals surface area contributed by atoms with Gasteiger partial charge in [-0.1, -0.05) is 32.9 Å². The molecule has 2 amide bonds. The number of pyridine rings is 1. The molecule has 1 aromatic carbocycles. The Labute approximate surface area is 159 Å². The lowest BCUT2D eigenvalue weighted by Gasteiger charge is -2.31. The van der Waals surface area contributed by atoms with Crippen LogP contribution in [0.3, 0.4) is 0 Å². The van der Waals surface area contributed by atoms with Crippen LogP contribution in [-0.4, -0.2) is 30.8 Å². The van der Waals surface area contributed by atoms with Crippen molar-refractivity contribution >= 4 is 6.03 Å². The first-order valence-corrected chi connectivity index (χ1v) is 8.70. The van der Waals surface area contributed by atoms with Crippen LogP contribution in [0.4, 0.5) is 9.18 Å². The van der Waals surface area contributed by atoms with Crippen molar-refractivity contribution in [3.63, 3.8) is 0 Å². The van der Waals surface area contributed by atoms with Crippen molar-refractivity contribution in [3.05, 3.63) is 54.0 Å². The highest BCUT2D eigenvalue weighted by Gasteiger charge is 2.27. The molecule has 1 aromatic heterocycles. The highest BCUT2D eigenvalue weighted by Crippen LogP contribution is 2.22. The van der Waals surface area contributed by atoms with Gasteiger partial charge in [0.1, 0.15) is 6.61 Å². The van der Waals surface area contributed by atoms with Gasteiger partial charge in [0.2, 0.25) is 5.88 Å². The highest BCUT2D eigenvalue weighted by atomic mass is 19.1. The number of carbonyl (C=O) groups excluding carboxylic acids is 1. The molecule has 0 spiro atoms. The Bertz CT molecular complexity index is 762. The van der Waals surface area contributed by atoms with Crippen molar-refractivity contribution < 1.29 is 18.7 Å². The molecule has 146 valence electrons. The predicted molar refractivity (Wildman–Crippen MR) is 101 cm³/mol. The first-order valence-electron chi connectivity index (χ1n) is 8.70. The zero-order valence-electron chi connectivity index (χ0n) is 16.1. The number of methoxy groups -OCH3 is 1. The highest BCUT2D eigenvalue weighted by molar-refractivity contribution is 5.74. The molecular weight excluding hydrogens is 349 g/mol. The second-order valence-corrected chi connectivity index (χ2v) is 7.19. The maximum absolute atomic E-state index is 13.7. The number of amides is 2. The Hall–Kier alpha value is -2.83. The van der Waals surface area contributed by atoms with Crippen LogP contribution in [0.5, 0.6) is 11.6 Å². The molecule has 2 aromatic rings. The molecular formula is C20H26FN3O3. The average Bonchev–Trinajstić information content (AvgIpc) is 2.64. The number of nitrogens with zero attached hydrogens (tertiary/aromatic N) is 1. The molecule has 6 nitrogen and oxygen atoms in total.